The number of amides is 2. The lowest BCUT2D eigenvalue weighted by atomic mass is 10.1. The van der Waals surface area contributed by atoms with E-state index in [9.17, 15) is 24.8 Å². The Labute approximate surface area is 205 Å². The van der Waals surface area contributed by atoms with Crippen LogP contribution in [0.2, 0.25) is 0 Å². The van der Waals surface area contributed by atoms with E-state index in [4.69, 9.17) is 17.0 Å². The van der Waals surface area contributed by atoms with Crippen molar-refractivity contribution in [2.24, 2.45) is 0 Å². The minimum Gasteiger partial charge on any atom is -0.506 e. The molecule has 2 N–H and O–H groups in total. The molecule has 1 aliphatic rings. The molecule has 0 atom stereocenters. The number of nitrogens with one attached hydrogen (secondary N) is 1. The maximum absolute atomic E-state index is 12.7. The molecule has 0 aliphatic carbocycles. The third-order valence-corrected chi connectivity index (χ3v) is 6.42. The second-order valence-electron chi connectivity index (χ2n) is 7.42. The SMILES string of the molecule is COc1ccc(C=C2SC(=S)N(CCCCCC(=O)Nc3ccc([N+](=O)[O-])cc3O)C2=O)cc1. The van der Waals surface area contributed by atoms with Crippen LogP contribution in [0.3, 0.4) is 0 Å². The number of phenolic OH excluding ortho intramolecular Hbond substituents is 1. The molecule has 1 aliphatic heterocycles. The highest BCUT2D eigenvalue weighted by molar-refractivity contribution is 8.26. The number of nitro benzene ring substituents is 1. The number of rotatable bonds is 10. The molecule has 1 heterocycles. The van der Waals surface area contributed by atoms with E-state index in [0.717, 1.165) is 17.4 Å². The number of unbranched alkanes of at least 4 members (excludes halogenated alkanes) is 2. The second-order valence-corrected chi connectivity index (χ2v) is 9.10. The van der Waals surface area contributed by atoms with Crippen LogP contribution in [0.4, 0.5) is 11.4 Å². The van der Waals surface area contributed by atoms with Crippen LogP contribution in [-0.2, 0) is 9.59 Å². The van der Waals surface area contributed by atoms with Gasteiger partial charge < -0.3 is 15.2 Å². The van der Waals surface area contributed by atoms with E-state index in [-0.39, 0.29) is 35.4 Å². The van der Waals surface area contributed by atoms with Crippen molar-refractivity contribution in [3.05, 3.63) is 63.0 Å². The van der Waals surface area contributed by atoms with Crippen LogP contribution in [0.1, 0.15) is 31.2 Å². The molecule has 1 saturated heterocycles. The number of aromatic hydroxyl groups is 1. The van der Waals surface area contributed by atoms with Crippen LogP contribution in [0.25, 0.3) is 6.08 Å². The van der Waals surface area contributed by atoms with Crippen molar-refractivity contribution in [2.75, 3.05) is 19.0 Å². The number of anilines is 1. The van der Waals surface area contributed by atoms with Gasteiger partial charge in [-0.15, -0.1) is 0 Å². The maximum atomic E-state index is 12.7. The first-order chi connectivity index (χ1) is 16.3. The van der Waals surface area contributed by atoms with E-state index < -0.39 is 4.92 Å². The molecule has 2 amide bonds. The van der Waals surface area contributed by atoms with Crippen LogP contribution in [0.5, 0.6) is 11.5 Å². The number of thiocarbonyl (C=S) groups is 1. The van der Waals surface area contributed by atoms with Gasteiger partial charge in [-0.2, -0.15) is 0 Å². The lowest BCUT2D eigenvalue weighted by Gasteiger charge is -2.14. The summed E-state index contributed by atoms with van der Waals surface area (Å²) in [5, 5.41) is 23.1. The fourth-order valence-electron chi connectivity index (χ4n) is 3.23. The number of hydrogen-bond donors (Lipinski definition) is 2. The zero-order chi connectivity index (χ0) is 24.7. The summed E-state index contributed by atoms with van der Waals surface area (Å²) < 4.78 is 5.65. The Morgan fingerprint density at radius 1 is 1.24 bits per heavy atom. The minimum absolute atomic E-state index is 0.122. The molecule has 34 heavy (non-hydrogen) atoms. The number of phenols is 1. The molecule has 178 valence electrons. The van der Waals surface area contributed by atoms with Crippen molar-refractivity contribution in [1.82, 2.24) is 4.90 Å². The Kier molecular flexibility index (Phi) is 8.61. The average molecular weight is 502 g/mol. The molecule has 0 aromatic heterocycles. The van der Waals surface area contributed by atoms with E-state index in [1.54, 1.807) is 18.1 Å². The highest BCUT2D eigenvalue weighted by Crippen LogP contribution is 2.33. The van der Waals surface area contributed by atoms with Crippen LogP contribution in [-0.4, -0.2) is 44.7 Å². The van der Waals surface area contributed by atoms with Gasteiger partial charge in [-0.1, -0.05) is 42.5 Å². The average Bonchev–Trinajstić information content (AvgIpc) is 3.07. The fourth-order valence-corrected chi connectivity index (χ4v) is 4.54. The normalized spacial score (nSPS) is 14.5. The van der Waals surface area contributed by atoms with E-state index in [0.29, 0.717) is 35.0 Å². The molecule has 0 spiro atoms. The number of carbonyl (C=O) groups excluding carboxylic acids is 2. The smallest absolute Gasteiger partial charge is 0.273 e. The van der Waals surface area contributed by atoms with Gasteiger partial charge in [-0.05, 0) is 42.7 Å². The summed E-state index contributed by atoms with van der Waals surface area (Å²) in [4.78, 5) is 37.0. The zero-order valence-electron chi connectivity index (χ0n) is 18.4. The zero-order valence-corrected chi connectivity index (χ0v) is 20.0. The predicted octanol–water partition coefficient (Wildman–Crippen LogP) is 4.71. The lowest BCUT2D eigenvalue weighted by molar-refractivity contribution is -0.384. The van der Waals surface area contributed by atoms with Crippen molar-refractivity contribution < 1.29 is 24.4 Å². The molecule has 9 nitrogen and oxygen atoms in total. The monoisotopic (exact) mass is 501 g/mol. The van der Waals surface area contributed by atoms with Gasteiger partial charge in [0.2, 0.25) is 5.91 Å². The number of methoxy groups -OCH3 is 1. The highest BCUT2D eigenvalue weighted by atomic mass is 32.2. The first kappa shape index (κ1) is 25.2. The molecular formula is C23H23N3O6S2. The third-order valence-electron chi connectivity index (χ3n) is 5.04. The molecular weight excluding hydrogens is 478 g/mol. The molecule has 3 rings (SSSR count). The topological polar surface area (TPSA) is 122 Å². The van der Waals surface area contributed by atoms with Crippen molar-refractivity contribution in [3.8, 4) is 11.5 Å². The number of non-ortho nitro benzene ring substituents is 1. The number of nitro groups is 1. The Morgan fingerprint density at radius 2 is 1.97 bits per heavy atom. The van der Waals surface area contributed by atoms with E-state index in [2.05, 4.69) is 5.32 Å². The summed E-state index contributed by atoms with van der Waals surface area (Å²) in [6, 6.07) is 10.9. The number of benzene rings is 2. The quantitative estimate of drug-likeness (QED) is 0.120. The summed E-state index contributed by atoms with van der Waals surface area (Å²) in [7, 11) is 1.59. The van der Waals surface area contributed by atoms with Crippen molar-refractivity contribution in [3.63, 3.8) is 0 Å². The lowest BCUT2D eigenvalue weighted by Crippen LogP contribution is -2.29. The van der Waals surface area contributed by atoms with Gasteiger partial charge in [-0.3, -0.25) is 24.6 Å². The van der Waals surface area contributed by atoms with Gasteiger partial charge >= 0.3 is 0 Å². The van der Waals surface area contributed by atoms with Gasteiger partial charge in [-0.25, -0.2) is 0 Å². The predicted molar refractivity (Wildman–Crippen MR) is 135 cm³/mol. The van der Waals surface area contributed by atoms with Crippen LogP contribution < -0.4 is 10.1 Å². The van der Waals surface area contributed by atoms with Crippen molar-refractivity contribution >= 4 is 57.6 Å². The van der Waals surface area contributed by atoms with Gasteiger partial charge in [0.1, 0.15) is 15.8 Å². The minimum atomic E-state index is -0.627. The molecule has 2 aromatic rings. The Morgan fingerprint density at radius 3 is 2.62 bits per heavy atom. The Balaban J connectivity index is 1.42. The number of ether oxygens (including phenoxy) is 1. The first-order valence-electron chi connectivity index (χ1n) is 10.4. The van der Waals surface area contributed by atoms with Crippen LogP contribution in [0, 0.1) is 10.1 Å². The maximum Gasteiger partial charge on any atom is 0.273 e. The molecule has 2 aromatic carbocycles. The van der Waals surface area contributed by atoms with E-state index >= 15 is 0 Å². The number of nitrogens with zero attached hydrogens (tertiary/aromatic N) is 2. The standard InChI is InChI=1S/C23H23N3O6S2/c1-32-17-9-6-15(7-10-17)13-20-22(29)25(23(33)34-20)12-4-2-3-5-21(28)24-18-11-8-16(26(30)31)14-19(18)27/h6-11,13-14,27H,2-5,12H2,1H3,(H,24,28). The Bertz CT molecular complexity index is 1130. The highest BCUT2D eigenvalue weighted by Gasteiger charge is 2.31. The third kappa shape index (κ3) is 6.55. The first-order valence-corrected chi connectivity index (χ1v) is 11.7. The summed E-state index contributed by atoms with van der Waals surface area (Å²) in [6.07, 6.45) is 3.98. The molecule has 11 heteroatoms. The molecule has 0 radical (unpaired) electrons. The van der Waals surface area contributed by atoms with E-state index in [1.807, 2.05) is 24.3 Å². The second kappa shape index (κ2) is 11.6. The van der Waals surface area contributed by atoms with Crippen molar-refractivity contribution in [1.29, 1.82) is 0 Å². The van der Waals surface area contributed by atoms with E-state index in [1.165, 1.54) is 23.9 Å². The fraction of sp³-hybridized carbons (Fsp3) is 0.261. The summed E-state index contributed by atoms with van der Waals surface area (Å²) in [5.74, 6) is -0.0584. The number of carbonyl (C=O) groups is 2. The van der Waals surface area contributed by atoms with Crippen molar-refractivity contribution in [2.45, 2.75) is 25.7 Å². The van der Waals surface area contributed by atoms with Gasteiger partial charge in [0, 0.05) is 19.0 Å². The number of thioether (sulfide) groups is 1. The molecule has 0 unspecified atom stereocenters. The van der Waals surface area contributed by atoms with Crippen LogP contribution in [0.15, 0.2) is 47.4 Å². The van der Waals surface area contributed by atoms with Gasteiger partial charge in [0.15, 0.2) is 0 Å². The van der Waals surface area contributed by atoms with Crippen LogP contribution >= 0.6 is 24.0 Å². The molecule has 0 saturated carbocycles. The molecule has 0 bridgehead atoms. The largest absolute Gasteiger partial charge is 0.506 e. The summed E-state index contributed by atoms with van der Waals surface area (Å²) >= 11 is 6.63. The van der Waals surface area contributed by atoms with Gasteiger partial charge in [0.25, 0.3) is 11.6 Å². The number of hydrogen-bond acceptors (Lipinski definition) is 8. The Hall–Kier alpha value is -3.44. The molecule has 1 fully saturated rings. The summed E-state index contributed by atoms with van der Waals surface area (Å²) in [6.45, 7) is 0.468. The summed E-state index contributed by atoms with van der Waals surface area (Å²) in [5.41, 5.74) is 0.744. The van der Waals surface area contributed by atoms with Gasteiger partial charge in [0.05, 0.1) is 28.7 Å².